The van der Waals surface area contributed by atoms with Gasteiger partial charge in [0.25, 0.3) is 0 Å². The van der Waals surface area contributed by atoms with Crippen molar-refractivity contribution in [2.24, 2.45) is 0 Å². The van der Waals surface area contributed by atoms with Gasteiger partial charge in [-0.1, -0.05) is 0 Å². The first kappa shape index (κ1) is 16.6. The number of hydrogen-bond donors (Lipinski definition) is 0. The third-order valence-electron chi connectivity index (χ3n) is 0. The molecule has 0 aliphatic heterocycles. The minimum atomic E-state index is 0. The molecular weight excluding hydrogens is 195 g/mol. The van der Waals surface area contributed by atoms with Gasteiger partial charge in [-0.3, -0.25) is 0 Å². The minimum Gasteiger partial charge on any atom is 0 e. The van der Waals surface area contributed by atoms with Crippen LogP contribution < -0.4 is 0 Å². The Balaban J connectivity index is -0.00000000500. The Bertz CT molecular complexity index is 8.00. The Hall–Kier alpha value is 2.02. The van der Waals surface area contributed by atoms with Crippen LogP contribution in [-0.2, 0) is 19.8 Å². The van der Waals surface area contributed by atoms with E-state index in [-0.39, 0.29) is 56.4 Å². The first-order valence-electron chi connectivity index (χ1n) is 0.123. The van der Waals surface area contributed by atoms with Gasteiger partial charge in [0, 0.05) is 56.4 Å². The second-order valence-corrected chi connectivity index (χ2v) is 0. The van der Waals surface area contributed by atoms with Crippen LogP contribution in [0, 0.1) is 0 Å². The molecule has 0 saturated carbocycles. The summed E-state index contributed by atoms with van der Waals surface area (Å²) in [7, 11) is 0. The second-order valence-electron chi connectivity index (χ2n) is 0. The molecule has 4 heavy (non-hydrogen) atoms. The van der Waals surface area contributed by atoms with Gasteiger partial charge in [-0.2, -0.15) is 0 Å². The van der Waals surface area contributed by atoms with E-state index in [0.717, 1.165) is 0 Å². The van der Waals surface area contributed by atoms with Crippen molar-refractivity contribution in [3.63, 3.8) is 0 Å². The van der Waals surface area contributed by atoms with Gasteiger partial charge in [-0.25, -0.2) is 0 Å². The fraction of sp³-hybridized carbons (Fsp3) is 0. The zero-order valence-corrected chi connectivity index (χ0v) is 7.33. The zero-order chi connectivity index (χ0) is 2.00. The van der Waals surface area contributed by atoms with Gasteiger partial charge in [0.05, 0.1) is 0 Å². The van der Waals surface area contributed by atoms with Crippen LogP contribution in [0.15, 0.2) is 0 Å². The summed E-state index contributed by atoms with van der Waals surface area (Å²) in [6, 6.07) is 0. The Morgan fingerprint density at radius 2 is 1.25 bits per heavy atom. The molecule has 0 unspecified atom stereocenters. The van der Waals surface area contributed by atoms with E-state index in [1.807, 2.05) is 0 Å². The molecule has 1 nitrogen and oxygen atoms in total. The Labute approximate surface area is 74.8 Å². The average Bonchev–Trinajstić information content (AvgIpc) is 1.00. The molecule has 6 radical (unpaired) electrons. The average molecular weight is 195 g/mol. The van der Waals surface area contributed by atoms with E-state index < -0.39 is 0 Å². The number of rotatable bonds is 0. The van der Waals surface area contributed by atoms with Gasteiger partial charge < -0.3 is 0 Å². The summed E-state index contributed by atoms with van der Waals surface area (Å²) < 4.78 is 7.81. The fourth-order valence-electron chi connectivity index (χ4n) is 0. The topological polar surface area (TPSA) is 17.1 Å². The van der Waals surface area contributed by atoms with E-state index >= 15 is 0 Å². The zero-order valence-electron chi connectivity index (χ0n) is 1.92. The van der Waals surface area contributed by atoms with Crippen LogP contribution in [0.25, 0.3) is 0 Å². The van der Waals surface area contributed by atoms with Crippen LogP contribution in [0.3, 0.4) is 0 Å². The number of hydrogen-bond acceptors (Lipinski definition) is 1. The molecule has 0 rings (SSSR count). The fourth-order valence-corrected chi connectivity index (χ4v) is 0. The summed E-state index contributed by atoms with van der Waals surface area (Å²) in [6.07, 6.45) is 0. The van der Waals surface area contributed by atoms with Crippen molar-refractivity contribution in [2.45, 2.75) is 0 Å². The van der Waals surface area contributed by atoms with Crippen molar-refractivity contribution in [1.29, 1.82) is 0 Å². The maximum Gasteiger partial charge on any atom is 0 e. The Morgan fingerprint density at radius 1 is 1.25 bits per heavy atom. The first-order valence-corrected chi connectivity index (χ1v) is 0.508. The van der Waals surface area contributed by atoms with Crippen molar-refractivity contribution in [3.05, 3.63) is 0 Å². The Morgan fingerprint density at radius 3 is 1.25 bits per heavy atom. The summed E-state index contributed by atoms with van der Waals surface area (Å²) >= 11 is 2.94. The van der Waals surface area contributed by atoms with E-state index in [2.05, 4.69) is 15.9 Å². The molecule has 0 amide bonds. The summed E-state index contributed by atoms with van der Waals surface area (Å²) in [5.41, 5.74) is 0. The van der Waals surface area contributed by atoms with Crippen molar-refractivity contribution in [2.75, 3.05) is 0 Å². The molecule has 0 fully saturated rings. The van der Waals surface area contributed by atoms with Gasteiger partial charge in [0.2, 0.25) is 0 Å². The molecule has 0 aromatic rings. The molecule has 0 aromatic carbocycles. The van der Waals surface area contributed by atoms with Crippen LogP contribution in [0.4, 0.5) is 0 Å². The van der Waals surface area contributed by atoms with Crippen LogP contribution in [0.5, 0.6) is 0 Å². The van der Waals surface area contributed by atoms with E-state index in [4.69, 9.17) is 3.83 Å². The van der Waals surface area contributed by atoms with Crippen molar-refractivity contribution in [3.8, 4) is 0 Å². The second kappa shape index (κ2) is 19.9. The van der Waals surface area contributed by atoms with E-state index in [0.29, 0.717) is 0 Å². The van der Waals surface area contributed by atoms with Crippen LogP contribution in [-0.4, -0.2) is 56.4 Å². The maximum atomic E-state index is 7.81. The van der Waals surface area contributed by atoms with E-state index in [9.17, 15) is 0 Å². The molecule has 0 spiro atoms. The third kappa shape index (κ3) is 8.99. The SMILES string of the molecule is [O]=[Cu].[Si].[Sr]. The Kier molecular flexibility index (Phi) is 82.8. The first-order chi connectivity index (χ1) is 1.00. The van der Waals surface area contributed by atoms with E-state index in [1.165, 1.54) is 0 Å². The van der Waals surface area contributed by atoms with Crippen molar-refractivity contribution in [1.82, 2.24) is 0 Å². The quantitative estimate of drug-likeness (QED) is 0.459. The third-order valence-corrected chi connectivity index (χ3v) is 0. The molecule has 0 bridgehead atoms. The van der Waals surface area contributed by atoms with Crippen LogP contribution >= 0.6 is 0 Å². The molecule has 0 aliphatic carbocycles. The summed E-state index contributed by atoms with van der Waals surface area (Å²) in [5.74, 6) is 0. The van der Waals surface area contributed by atoms with Gasteiger partial charge in [0.1, 0.15) is 0 Å². The van der Waals surface area contributed by atoms with Crippen LogP contribution in [0.2, 0.25) is 0 Å². The maximum absolute atomic E-state index is 7.81. The van der Waals surface area contributed by atoms with Crippen molar-refractivity contribution >= 4 is 56.4 Å². The van der Waals surface area contributed by atoms with Crippen molar-refractivity contribution < 1.29 is 19.8 Å². The van der Waals surface area contributed by atoms with Crippen LogP contribution in [0.1, 0.15) is 0 Å². The molecule has 4 heteroatoms. The summed E-state index contributed by atoms with van der Waals surface area (Å²) in [5, 5.41) is 0. The summed E-state index contributed by atoms with van der Waals surface area (Å²) in [4.78, 5) is 0. The molecule has 0 saturated heterocycles. The minimum absolute atomic E-state index is 0. The predicted molar refractivity (Wildman–Crippen MR) is 12.2 cm³/mol. The molecule has 0 heterocycles. The smallest absolute Gasteiger partial charge is 0 e. The van der Waals surface area contributed by atoms with E-state index in [1.54, 1.807) is 0 Å². The molecule has 0 atom stereocenters. The molecular formula is CuOSiSr. The molecule has 23 valence electrons. The largest absolute Gasteiger partial charge is 0 e. The standard InChI is InChI=1S/Cu.O.Si.Sr. The molecule has 0 N–H and O–H groups in total. The predicted octanol–water partition coefficient (Wildman–Crippen LogP) is -0.883. The van der Waals surface area contributed by atoms with Gasteiger partial charge in [0.15, 0.2) is 0 Å². The monoisotopic (exact) mass is 195 g/mol. The van der Waals surface area contributed by atoms with Gasteiger partial charge >= 0.3 is 19.8 Å². The summed E-state index contributed by atoms with van der Waals surface area (Å²) in [6.45, 7) is 0. The normalized spacial score (nSPS) is 1.50. The van der Waals surface area contributed by atoms with Gasteiger partial charge in [-0.05, 0) is 0 Å². The molecule has 0 aliphatic rings. The molecule has 0 aromatic heterocycles. The van der Waals surface area contributed by atoms with Gasteiger partial charge in [-0.15, -0.1) is 0 Å².